The molecule has 0 N–H and O–H groups in total. The van der Waals surface area contributed by atoms with Crippen LogP contribution in [0.4, 0.5) is 13.2 Å². The highest BCUT2D eigenvalue weighted by molar-refractivity contribution is 5.27. The number of methoxy groups -OCH3 is 1. The van der Waals surface area contributed by atoms with Crippen LogP contribution in [0, 0.1) is 0 Å². The fraction of sp³-hybridized carbons (Fsp3) is 0.500. The van der Waals surface area contributed by atoms with Crippen LogP contribution in [0.5, 0.6) is 5.75 Å². The van der Waals surface area contributed by atoms with Crippen molar-refractivity contribution >= 4 is 0 Å². The first kappa shape index (κ1) is 16.7. The Morgan fingerprint density at radius 1 is 1.23 bits per heavy atom. The quantitative estimate of drug-likeness (QED) is 0.831. The second-order valence-electron chi connectivity index (χ2n) is 5.07. The lowest BCUT2D eigenvalue weighted by molar-refractivity contribution is -0.118. The van der Waals surface area contributed by atoms with Gasteiger partial charge in [0.2, 0.25) is 0 Å². The molecule has 1 aliphatic rings. The number of morpholine rings is 1. The highest BCUT2D eigenvalue weighted by Gasteiger charge is 2.37. The van der Waals surface area contributed by atoms with Crippen molar-refractivity contribution in [3.8, 4) is 5.75 Å². The minimum atomic E-state index is -4.32. The van der Waals surface area contributed by atoms with Crippen LogP contribution in [0.25, 0.3) is 0 Å². The van der Waals surface area contributed by atoms with E-state index in [0.29, 0.717) is 26.1 Å². The second kappa shape index (κ2) is 7.54. The molecule has 2 rings (SSSR count). The van der Waals surface area contributed by atoms with Gasteiger partial charge in [-0.05, 0) is 30.5 Å². The van der Waals surface area contributed by atoms with Crippen LogP contribution < -0.4 is 4.74 Å². The molecule has 3 nitrogen and oxygen atoms in total. The van der Waals surface area contributed by atoms with Gasteiger partial charge in [-0.2, -0.15) is 13.2 Å². The topological polar surface area (TPSA) is 21.7 Å². The van der Waals surface area contributed by atoms with Gasteiger partial charge in [0, 0.05) is 13.1 Å². The molecule has 0 bridgehead atoms. The van der Waals surface area contributed by atoms with Crippen LogP contribution in [-0.4, -0.2) is 44.5 Å². The predicted molar refractivity (Wildman–Crippen MR) is 77.8 cm³/mol. The van der Waals surface area contributed by atoms with Crippen LogP contribution >= 0.6 is 0 Å². The van der Waals surface area contributed by atoms with E-state index in [2.05, 4.69) is 0 Å². The smallest absolute Gasteiger partial charge is 0.430 e. The summed E-state index contributed by atoms with van der Waals surface area (Å²) in [6.07, 6.45) is -2.13. The van der Waals surface area contributed by atoms with Crippen molar-refractivity contribution in [3.63, 3.8) is 0 Å². The highest BCUT2D eigenvalue weighted by Crippen LogP contribution is 2.29. The molecule has 0 aliphatic carbocycles. The summed E-state index contributed by atoms with van der Waals surface area (Å²) in [6, 6.07) is 7.36. The number of aryl methyl sites for hydroxylation is 1. The zero-order chi connectivity index (χ0) is 16.0. The average molecular weight is 315 g/mol. The Balaban J connectivity index is 1.99. The molecule has 1 heterocycles. The van der Waals surface area contributed by atoms with Gasteiger partial charge in [-0.25, -0.2) is 0 Å². The van der Waals surface area contributed by atoms with E-state index in [0.717, 1.165) is 11.3 Å². The second-order valence-corrected chi connectivity index (χ2v) is 5.07. The predicted octanol–water partition coefficient (Wildman–Crippen LogP) is 3.41. The van der Waals surface area contributed by atoms with Gasteiger partial charge in [0.25, 0.3) is 0 Å². The molecule has 1 fully saturated rings. The fourth-order valence-electron chi connectivity index (χ4n) is 2.40. The molecule has 0 unspecified atom stereocenters. The summed E-state index contributed by atoms with van der Waals surface area (Å²) in [5.74, 6) is 0.739. The Hall–Kier alpha value is -1.69. The molecule has 0 spiro atoms. The zero-order valence-electron chi connectivity index (χ0n) is 12.5. The van der Waals surface area contributed by atoms with Gasteiger partial charge in [0.1, 0.15) is 11.4 Å². The van der Waals surface area contributed by atoms with E-state index in [4.69, 9.17) is 9.47 Å². The monoisotopic (exact) mass is 315 g/mol. The summed E-state index contributed by atoms with van der Waals surface area (Å²) in [5.41, 5.74) is 0.435. The number of allylic oxidation sites excluding steroid dienone is 2. The molecular formula is C16H20F3NO2. The minimum absolute atomic E-state index is 0.286. The number of rotatable bonds is 5. The first-order chi connectivity index (χ1) is 10.5. The molecule has 1 aliphatic heterocycles. The normalized spacial score (nSPS) is 16.7. The van der Waals surface area contributed by atoms with Crippen LogP contribution in [-0.2, 0) is 11.2 Å². The van der Waals surface area contributed by atoms with Crippen molar-refractivity contribution in [2.24, 2.45) is 0 Å². The Kier molecular flexibility index (Phi) is 5.71. The number of hydrogen-bond donors (Lipinski definition) is 0. The summed E-state index contributed by atoms with van der Waals surface area (Å²) in [7, 11) is 1.58. The number of hydrogen-bond acceptors (Lipinski definition) is 3. The third-order valence-electron chi connectivity index (χ3n) is 3.57. The van der Waals surface area contributed by atoms with Gasteiger partial charge in [-0.3, -0.25) is 0 Å². The zero-order valence-corrected chi connectivity index (χ0v) is 12.5. The van der Waals surface area contributed by atoms with Crippen LogP contribution in [0.3, 0.4) is 0 Å². The molecule has 6 heteroatoms. The minimum Gasteiger partial charge on any atom is -0.497 e. The largest absolute Gasteiger partial charge is 0.497 e. The number of halogens is 3. The van der Waals surface area contributed by atoms with Gasteiger partial charge in [0.05, 0.1) is 20.3 Å². The van der Waals surface area contributed by atoms with E-state index in [1.54, 1.807) is 7.11 Å². The standard InChI is InChI=1S/C16H20F3NO2/c1-21-14-7-5-13(6-8-14)3-2-4-15(16(17,18)19)20-9-11-22-12-10-20/h4-8H,2-3,9-12H2,1H3/b15-4+. The molecule has 1 aromatic rings. The molecule has 0 saturated carbocycles. The lowest BCUT2D eigenvalue weighted by Gasteiger charge is -2.32. The van der Waals surface area contributed by atoms with E-state index in [9.17, 15) is 13.2 Å². The number of nitrogens with zero attached hydrogens (tertiary/aromatic N) is 1. The van der Waals surface area contributed by atoms with E-state index < -0.39 is 11.9 Å². The highest BCUT2D eigenvalue weighted by atomic mass is 19.4. The van der Waals surface area contributed by atoms with Crippen molar-refractivity contribution in [3.05, 3.63) is 41.6 Å². The molecule has 122 valence electrons. The summed E-state index contributed by atoms with van der Waals surface area (Å²) in [6.45, 7) is 1.25. The molecule has 1 saturated heterocycles. The molecule has 1 aromatic carbocycles. The Morgan fingerprint density at radius 3 is 2.41 bits per heavy atom. The maximum absolute atomic E-state index is 13.2. The fourth-order valence-corrected chi connectivity index (χ4v) is 2.40. The average Bonchev–Trinajstić information content (AvgIpc) is 2.52. The summed E-state index contributed by atoms with van der Waals surface area (Å²) in [4.78, 5) is 1.36. The summed E-state index contributed by atoms with van der Waals surface area (Å²) in [5, 5.41) is 0. The van der Waals surface area contributed by atoms with Crippen molar-refractivity contribution in [2.45, 2.75) is 19.0 Å². The van der Waals surface area contributed by atoms with E-state index in [1.807, 2.05) is 24.3 Å². The van der Waals surface area contributed by atoms with Crippen LogP contribution in [0.2, 0.25) is 0 Å². The van der Waals surface area contributed by atoms with Gasteiger partial charge < -0.3 is 14.4 Å². The number of ether oxygens (including phenoxy) is 2. The molecular weight excluding hydrogens is 295 g/mol. The molecule has 0 radical (unpaired) electrons. The number of alkyl halides is 3. The van der Waals surface area contributed by atoms with Gasteiger partial charge in [0.15, 0.2) is 0 Å². The van der Waals surface area contributed by atoms with E-state index >= 15 is 0 Å². The van der Waals surface area contributed by atoms with E-state index in [-0.39, 0.29) is 13.1 Å². The summed E-state index contributed by atoms with van der Waals surface area (Å²) >= 11 is 0. The van der Waals surface area contributed by atoms with Crippen LogP contribution in [0.15, 0.2) is 36.0 Å². The number of benzene rings is 1. The van der Waals surface area contributed by atoms with Gasteiger partial charge in [-0.15, -0.1) is 0 Å². The van der Waals surface area contributed by atoms with Crippen molar-refractivity contribution in [1.82, 2.24) is 4.90 Å². The van der Waals surface area contributed by atoms with Gasteiger partial charge in [-0.1, -0.05) is 18.2 Å². The lowest BCUT2D eigenvalue weighted by atomic mass is 10.1. The molecule has 22 heavy (non-hydrogen) atoms. The first-order valence-corrected chi connectivity index (χ1v) is 7.23. The maximum Gasteiger partial charge on any atom is 0.430 e. The molecule has 0 amide bonds. The Morgan fingerprint density at radius 2 is 1.86 bits per heavy atom. The van der Waals surface area contributed by atoms with Crippen molar-refractivity contribution in [1.29, 1.82) is 0 Å². The summed E-state index contributed by atoms with van der Waals surface area (Å²) < 4.78 is 49.7. The Bertz CT molecular complexity index is 491. The SMILES string of the molecule is COc1ccc(CC/C=C(/N2CCOCC2)C(F)(F)F)cc1. The third-order valence-corrected chi connectivity index (χ3v) is 3.57. The van der Waals surface area contributed by atoms with Gasteiger partial charge >= 0.3 is 6.18 Å². The lowest BCUT2D eigenvalue weighted by Crippen LogP contribution is -2.40. The third kappa shape index (κ3) is 4.66. The maximum atomic E-state index is 13.2. The molecule has 0 atom stereocenters. The molecule has 0 aromatic heterocycles. The van der Waals surface area contributed by atoms with E-state index in [1.165, 1.54) is 11.0 Å². The van der Waals surface area contributed by atoms with Crippen LogP contribution in [0.1, 0.15) is 12.0 Å². The van der Waals surface area contributed by atoms with Crippen molar-refractivity contribution < 1.29 is 22.6 Å². The van der Waals surface area contributed by atoms with Crippen molar-refractivity contribution in [2.75, 3.05) is 33.4 Å². The Labute approximate surface area is 128 Å². The first-order valence-electron chi connectivity index (χ1n) is 7.23.